The minimum Gasteiger partial charge on any atom is -0.368 e. The summed E-state index contributed by atoms with van der Waals surface area (Å²) in [6, 6.07) is 21.2. The lowest BCUT2D eigenvalue weighted by atomic mass is 10.2. The van der Waals surface area contributed by atoms with Crippen molar-refractivity contribution < 1.29 is 14.0 Å². The number of piperazine rings is 1. The monoisotopic (exact) mass is 506 g/mol. The molecular weight excluding hydrogens is 483 g/mol. The van der Waals surface area contributed by atoms with Gasteiger partial charge in [-0.1, -0.05) is 30.0 Å². The quantitative estimate of drug-likeness (QED) is 0.368. The molecule has 0 atom stereocenters. The number of halogens is 1. The Morgan fingerprint density at radius 1 is 0.971 bits per heavy atom. The second-order valence-electron chi connectivity index (χ2n) is 8.12. The van der Waals surface area contributed by atoms with E-state index in [1.54, 1.807) is 6.07 Å². The number of benzene rings is 3. The van der Waals surface area contributed by atoms with Gasteiger partial charge >= 0.3 is 0 Å². The van der Waals surface area contributed by atoms with Crippen LogP contribution in [-0.4, -0.2) is 53.6 Å². The van der Waals surface area contributed by atoms with Crippen LogP contribution in [0.25, 0.3) is 10.2 Å². The number of fused-ring (bicyclic) bond motifs is 1. The minimum atomic E-state index is -0.384. The first kappa shape index (κ1) is 23.3. The zero-order chi connectivity index (χ0) is 24.2. The zero-order valence-electron chi connectivity index (χ0n) is 18.8. The summed E-state index contributed by atoms with van der Waals surface area (Å²) in [5.74, 6) is -0.222. The smallest absolute Gasteiger partial charge is 0.255 e. The molecule has 178 valence electrons. The van der Waals surface area contributed by atoms with Gasteiger partial charge in [0.1, 0.15) is 5.82 Å². The van der Waals surface area contributed by atoms with Gasteiger partial charge in [0.2, 0.25) is 5.91 Å². The van der Waals surface area contributed by atoms with Crippen LogP contribution >= 0.6 is 23.1 Å². The van der Waals surface area contributed by atoms with Gasteiger partial charge in [0.15, 0.2) is 4.34 Å². The SMILES string of the molecule is O=C(Nc1ccc2nc(SCC(=O)N3CCN(c4ccccc4)CC3)sc2c1)c1ccc(F)cc1. The highest BCUT2D eigenvalue weighted by Crippen LogP contribution is 2.31. The standard InChI is InChI=1S/C26H23FN4O2S2/c27-19-8-6-18(7-9-19)25(33)28-20-10-11-22-23(16-20)35-26(29-22)34-17-24(32)31-14-12-30(13-15-31)21-4-2-1-3-5-21/h1-11,16H,12-15,17H2,(H,28,33). The van der Waals surface area contributed by atoms with E-state index in [-0.39, 0.29) is 17.6 Å². The molecule has 1 saturated heterocycles. The van der Waals surface area contributed by atoms with Crippen LogP contribution in [0.15, 0.2) is 77.1 Å². The second-order valence-corrected chi connectivity index (χ2v) is 10.4. The van der Waals surface area contributed by atoms with Crippen molar-refractivity contribution >= 4 is 56.5 Å². The maximum Gasteiger partial charge on any atom is 0.255 e. The van der Waals surface area contributed by atoms with Gasteiger partial charge in [-0.25, -0.2) is 9.37 Å². The van der Waals surface area contributed by atoms with E-state index in [1.807, 2.05) is 35.2 Å². The average molecular weight is 507 g/mol. The molecule has 4 aromatic rings. The number of aromatic nitrogens is 1. The molecule has 3 aromatic carbocycles. The fourth-order valence-electron chi connectivity index (χ4n) is 3.92. The van der Waals surface area contributed by atoms with Crippen molar-refractivity contribution in [1.82, 2.24) is 9.88 Å². The maximum atomic E-state index is 13.1. The largest absolute Gasteiger partial charge is 0.368 e. The van der Waals surface area contributed by atoms with Gasteiger partial charge in [-0.15, -0.1) is 11.3 Å². The van der Waals surface area contributed by atoms with Crippen molar-refractivity contribution in [2.45, 2.75) is 4.34 Å². The first-order valence-electron chi connectivity index (χ1n) is 11.2. The molecule has 1 aromatic heterocycles. The van der Waals surface area contributed by atoms with Crippen LogP contribution in [-0.2, 0) is 4.79 Å². The van der Waals surface area contributed by atoms with Crippen molar-refractivity contribution in [2.75, 3.05) is 42.1 Å². The molecular formula is C26H23FN4O2S2. The summed E-state index contributed by atoms with van der Waals surface area (Å²) >= 11 is 2.94. The predicted molar refractivity (Wildman–Crippen MR) is 140 cm³/mol. The summed E-state index contributed by atoms with van der Waals surface area (Å²) in [5, 5.41) is 2.83. The molecule has 1 aliphatic heterocycles. The Bertz CT molecular complexity index is 1340. The molecule has 35 heavy (non-hydrogen) atoms. The van der Waals surface area contributed by atoms with Crippen LogP contribution in [0.3, 0.4) is 0 Å². The maximum absolute atomic E-state index is 13.1. The molecule has 6 nitrogen and oxygen atoms in total. The highest BCUT2D eigenvalue weighted by atomic mass is 32.2. The Morgan fingerprint density at radius 3 is 2.46 bits per heavy atom. The van der Waals surface area contributed by atoms with Crippen LogP contribution in [0.5, 0.6) is 0 Å². The third-order valence-corrected chi connectivity index (χ3v) is 7.95. The number of amides is 2. The molecule has 1 N–H and O–H groups in total. The fraction of sp³-hybridized carbons (Fsp3) is 0.192. The lowest BCUT2D eigenvalue weighted by Gasteiger charge is -2.36. The molecule has 0 radical (unpaired) electrons. The van der Waals surface area contributed by atoms with E-state index < -0.39 is 0 Å². The van der Waals surface area contributed by atoms with Crippen molar-refractivity contribution in [3.05, 3.63) is 84.2 Å². The number of anilines is 2. The van der Waals surface area contributed by atoms with Gasteiger partial charge in [0.05, 0.1) is 16.0 Å². The first-order valence-corrected chi connectivity index (χ1v) is 13.0. The Kier molecular flexibility index (Phi) is 6.96. The Morgan fingerprint density at radius 2 is 1.71 bits per heavy atom. The molecule has 1 aliphatic rings. The molecule has 2 heterocycles. The normalized spacial score (nSPS) is 13.7. The van der Waals surface area contributed by atoms with Gasteiger partial charge < -0.3 is 15.1 Å². The van der Waals surface area contributed by atoms with E-state index >= 15 is 0 Å². The summed E-state index contributed by atoms with van der Waals surface area (Å²) in [5.41, 5.74) is 3.03. The Hall–Kier alpha value is -3.43. The van der Waals surface area contributed by atoms with Crippen molar-refractivity contribution in [1.29, 1.82) is 0 Å². The highest BCUT2D eigenvalue weighted by Gasteiger charge is 2.21. The Balaban J connectivity index is 1.15. The molecule has 9 heteroatoms. The lowest BCUT2D eigenvalue weighted by molar-refractivity contribution is -0.128. The molecule has 0 saturated carbocycles. The topological polar surface area (TPSA) is 65.5 Å². The number of hydrogen-bond acceptors (Lipinski definition) is 6. The van der Waals surface area contributed by atoms with Crippen LogP contribution in [0.1, 0.15) is 10.4 Å². The number of carbonyl (C=O) groups excluding carboxylic acids is 2. The average Bonchev–Trinajstić information content (AvgIpc) is 3.30. The fourth-order valence-corrected chi connectivity index (χ4v) is 5.93. The molecule has 0 aliphatic carbocycles. The van der Waals surface area contributed by atoms with E-state index in [0.717, 1.165) is 27.6 Å². The molecule has 5 rings (SSSR count). The van der Waals surface area contributed by atoms with E-state index in [1.165, 1.54) is 53.1 Å². The molecule has 0 bridgehead atoms. The number of para-hydroxylation sites is 1. The summed E-state index contributed by atoms with van der Waals surface area (Å²) in [6.45, 7) is 3.08. The second kappa shape index (κ2) is 10.5. The zero-order valence-corrected chi connectivity index (χ0v) is 20.4. The van der Waals surface area contributed by atoms with Crippen molar-refractivity contribution in [3.8, 4) is 0 Å². The summed E-state index contributed by atoms with van der Waals surface area (Å²) in [4.78, 5) is 34.0. The summed E-state index contributed by atoms with van der Waals surface area (Å²) < 4.78 is 14.8. The lowest BCUT2D eigenvalue weighted by Crippen LogP contribution is -2.49. The third-order valence-electron chi connectivity index (χ3n) is 5.81. The molecule has 2 amide bonds. The van der Waals surface area contributed by atoms with Crippen LogP contribution in [0.4, 0.5) is 15.8 Å². The number of nitrogens with one attached hydrogen (secondary N) is 1. The molecule has 0 spiro atoms. The highest BCUT2D eigenvalue weighted by molar-refractivity contribution is 8.01. The van der Waals surface area contributed by atoms with Crippen molar-refractivity contribution in [2.24, 2.45) is 0 Å². The predicted octanol–water partition coefficient (Wildman–Crippen LogP) is 5.13. The number of thioether (sulfide) groups is 1. The number of carbonyl (C=O) groups is 2. The third kappa shape index (κ3) is 5.63. The summed E-state index contributed by atoms with van der Waals surface area (Å²) in [6.07, 6.45) is 0. The first-order chi connectivity index (χ1) is 17.0. The van der Waals surface area contributed by atoms with Gasteiger partial charge in [0, 0.05) is 43.1 Å². The van der Waals surface area contributed by atoms with E-state index in [4.69, 9.17) is 0 Å². The molecule has 1 fully saturated rings. The number of nitrogens with zero attached hydrogens (tertiary/aromatic N) is 3. The van der Waals surface area contributed by atoms with Crippen LogP contribution in [0, 0.1) is 5.82 Å². The van der Waals surface area contributed by atoms with E-state index in [9.17, 15) is 14.0 Å². The number of hydrogen-bond donors (Lipinski definition) is 1. The van der Waals surface area contributed by atoms with Gasteiger partial charge in [0.25, 0.3) is 5.91 Å². The van der Waals surface area contributed by atoms with Gasteiger partial charge in [-0.05, 0) is 54.6 Å². The van der Waals surface area contributed by atoms with E-state index in [0.29, 0.717) is 30.1 Å². The molecule has 0 unspecified atom stereocenters. The van der Waals surface area contributed by atoms with Gasteiger partial charge in [-0.2, -0.15) is 0 Å². The van der Waals surface area contributed by atoms with E-state index in [2.05, 4.69) is 27.3 Å². The Labute approximate surface area is 210 Å². The number of rotatable bonds is 6. The van der Waals surface area contributed by atoms with Crippen LogP contribution in [0.2, 0.25) is 0 Å². The minimum absolute atomic E-state index is 0.120. The summed E-state index contributed by atoms with van der Waals surface area (Å²) in [7, 11) is 0. The van der Waals surface area contributed by atoms with Gasteiger partial charge in [-0.3, -0.25) is 9.59 Å². The van der Waals surface area contributed by atoms with Crippen molar-refractivity contribution in [3.63, 3.8) is 0 Å². The van der Waals surface area contributed by atoms with Crippen LogP contribution < -0.4 is 10.2 Å². The number of thiazole rings is 1.